The smallest absolute Gasteiger partial charge is 0.200 e. The fourth-order valence-electron chi connectivity index (χ4n) is 18.5. The van der Waals surface area contributed by atoms with Gasteiger partial charge in [0.2, 0.25) is 5.43 Å². The summed E-state index contributed by atoms with van der Waals surface area (Å²) < 4.78 is 20.2. The third-order valence-corrected chi connectivity index (χ3v) is 29.7. The van der Waals surface area contributed by atoms with Crippen LogP contribution in [0.2, 0.25) is 10.0 Å². The minimum absolute atomic E-state index is 0. The maximum Gasteiger partial charge on any atom is 0.200 e. The Hall–Kier alpha value is -14.1. The first kappa shape index (κ1) is 93.0. The summed E-state index contributed by atoms with van der Waals surface area (Å²) in [5.41, 5.74) is 24.5. The molecule has 138 heavy (non-hydrogen) atoms. The summed E-state index contributed by atoms with van der Waals surface area (Å²) in [5, 5.41) is 5.66. The highest BCUT2D eigenvalue weighted by atomic mass is 127. The molecular weight excluding hydrogens is 1970 g/mol. The Labute approximate surface area is 850 Å². The number of para-hydroxylation sites is 6. The zero-order valence-corrected chi connectivity index (χ0v) is 81.9. The van der Waals surface area contributed by atoms with Crippen molar-refractivity contribution in [2.24, 2.45) is 0 Å². The number of hydrogen-bond acceptors (Lipinski definition) is 9. The maximum absolute atomic E-state index is 12.1. The molecule has 0 fully saturated rings. The number of rotatable bonds is 11. The average molecular weight is 2060 g/mol. The molecule has 13 heteroatoms. The lowest BCUT2D eigenvalue weighted by atomic mass is 9.63. The van der Waals surface area contributed by atoms with Crippen LogP contribution in [-0.2, 0) is 10.8 Å². The van der Waals surface area contributed by atoms with E-state index in [1.807, 2.05) is 89.1 Å². The van der Waals surface area contributed by atoms with Crippen molar-refractivity contribution >= 4 is 147 Å². The molecule has 5 heterocycles. The lowest BCUT2D eigenvalue weighted by Gasteiger charge is -2.46. The van der Waals surface area contributed by atoms with Crippen molar-refractivity contribution in [3.8, 4) is 67.5 Å². The molecule has 0 saturated heterocycles. The van der Waals surface area contributed by atoms with Crippen molar-refractivity contribution < 1.29 is 13.9 Å². The Balaban J connectivity index is 0.000000120. The van der Waals surface area contributed by atoms with Gasteiger partial charge >= 0.3 is 0 Å². The normalized spacial score (nSPS) is 12.3. The van der Waals surface area contributed by atoms with Crippen LogP contribution in [0.3, 0.4) is 0 Å². The van der Waals surface area contributed by atoms with Crippen molar-refractivity contribution in [3.63, 3.8) is 0 Å². The van der Waals surface area contributed by atoms with Crippen LogP contribution in [-0.4, -0.2) is 4.93 Å². The summed E-state index contributed by atoms with van der Waals surface area (Å²) in [6.45, 7) is 0. The molecule has 1 N–H and O–H groups in total. The van der Waals surface area contributed by atoms with Gasteiger partial charge in [-0.05, 0) is 233 Å². The molecule has 0 aliphatic carbocycles. The average Bonchev–Trinajstić information content (AvgIpc) is 0.688. The number of nitrogens with one attached hydrogen (secondary N) is 1. The predicted molar refractivity (Wildman–Crippen MR) is 592 cm³/mol. The summed E-state index contributed by atoms with van der Waals surface area (Å²) in [7, 11) is 0. The van der Waals surface area contributed by atoms with Gasteiger partial charge in [0.25, 0.3) is 0 Å². The van der Waals surface area contributed by atoms with E-state index in [1.165, 1.54) is 96.1 Å². The molecule has 0 amide bonds. The van der Waals surface area contributed by atoms with Crippen LogP contribution in [0.1, 0.15) is 51.9 Å². The molecule has 20 aromatic carbocycles. The van der Waals surface area contributed by atoms with E-state index in [0.717, 1.165) is 78.2 Å². The second-order valence-electron chi connectivity index (χ2n) is 32.7. The molecule has 2 spiro atoms. The van der Waals surface area contributed by atoms with Crippen LogP contribution in [0.15, 0.2) is 540 Å². The standard InChI is InChI=1S/C49H33NOS.C25H15ClOS.C24H19N.C13H7ClO2.C12H9BrS.CH3I.CH4/c1-3-14-34(15-4-1)36-26-30-38(31-27-36)50(39-32-28-37(29-33-39)35-16-5-2-6-17-35)44-22-13-21-43-48(44)51-45-23-10-7-18-40(45)49(43)41-19-8-11-24-46(41)52-47-25-12-9-20-42(47)49;26-20-12-7-11-19-24(20)27-21-13-4-1-8-16(21)25(19)17-9-2-5-14-22(17)28-23-15-6-3-10-18(23)25;1-3-7-19(8-4-1)21-11-15-23(16-12-21)25-24-17-13-22(14-18-24)20-9-5-2-6-10-20;14-10-6-3-5-9-12(15)8-4-1-2-7-11(8)16-13(9)10;13-11-8-4-5-9-12(11)14-10-6-2-1-3-7-10;1-2;/h1-33H;1-15H;1-18,25H;1-7H;1-9H;1H3;1H4. The minimum Gasteiger partial charge on any atom is -0.455 e. The van der Waals surface area contributed by atoms with Gasteiger partial charge in [-0.1, -0.05) is 440 Å². The van der Waals surface area contributed by atoms with E-state index >= 15 is 0 Å². The molecule has 0 unspecified atom stereocenters. The van der Waals surface area contributed by atoms with Gasteiger partial charge in [0, 0.05) is 78.8 Å². The van der Waals surface area contributed by atoms with Crippen LogP contribution in [0, 0.1) is 0 Å². The minimum atomic E-state index is -0.571. The number of halogens is 4. The van der Waals surface area contributed by atoms with Gasteiger partial charge in [0.05, 0.1) is 37.3 Å². The van der Waals surface area contributed by atoms with Crippen molar-refractivity contribution in [3.05, 3.63) is 567 Å². The summed E-state index contributed by atoms with van der Waals surface area (Å²) >= 11 is 23.8. The van der Waals surface area contributed by atoms with E-state index in [0.29, 0.717) is 32.0 Å². The molecule has 6 nitrogen and oxygen atoms in total. The van der Waals surface area contributed by atoms with Crippen LogP contribution in [0.5, 0.6) is 23.0 Å². The molecule has 0 atom stereocenters. The summed E-state index contributed by atoms with van der Waals surface area (Å²) in [4.78, 5) is 24.0. The Kier molecular flexibility index (Phi) is 28.7. The number of anilines is 5. The molecular formula is C125H90BrCl2IN2O4S3. The van der Waals surface area contributed by atoms with Gasteiger partial charge in [-0.2, -0.15) is 0 Å². The number of fused-ring (bicyclic) bond motifs is 18. The third-order valence-electron chi connectivity index (χ3n) is 24.7. The molecule has 21 aromatic rings. The lowest BCUT2D eigenvalue weighted by Crippen LogP contribution is -2.37. The first-order chi connectivity index (χ1) is 67.6. The second-order valence-corrected chi connectivity index (χ2v) is 37.7. The molecule has 0 saturated carbocycles. The first-order valence-corrected chi connectivity index (χ1v) is 51.1. The highest BCUT2D eigenvalue weighted by Crippen LogP contribution is 2.65. The summed E-state index contributed by atoms with van der Waals surface area (Å²) in [6.07, 6.45) is 0. The largest absolute Gasteiger partial charge is 0.455 e. The van der Waals surface area contributed by atoms with Crippen molar-refractivity contribution in [2.45, 2.75) is 47.6 Å². The Morgan fingerprint density at radius 2 is 0.638 bits per heavy atom. The molecule has 0 bridgehead atoms. The fraction of sp³-hybridized carbons (Fsp3) is 0.0320. The van der Waals surface area contributed by atoms with Gasteiger partial charge in [-0.25, -0.2) is 0 Å². The quantitative estimate of drug-likeness (QED) is 0.0775. The number of ether oxygens (including phenoxy) is 2. The fourth-order valence-corrected chi connectivity index (χ4v) is 22.7. The van der Waals surface area contributed by atoms with E-state index < -0.39 is 10.8 Å². The molecule has 4 aliphatic rings. The number of hydrogen-bond donors (Lipinski definition) is 1. The second kappa shape index (κ2) is 42.7. The summed E-state index contributed by atoms with van der Waals surface area (Å²) in [5.74, 6) is 3.34. The van der Waals surface area contributed by atoms with Gasteiger partial charge in [-0.15, -0.1) is 0 Å². The van der Waals surface area contributed by atoms with Gasteiger partial charge in [-0.3, -0.25) is 4.79 Å². The monoisotopic (exact) mass is 2050 g/mol. The van der Waals surface area contributed by atoms with Crippen molar-refractivity contribution in [1.29, 1.82) is 0 Å². The Morgan fingerprint density at radius 3 is 1.09 bits per heavy atom. The van der Waals surface area contributed by atoms with Crippen molar-refractivity contribution in [2.75, 3.05) is 15.1 Å². The van der Waals surface area contributed by atoms with Crippen LogP contribution >= 0.6 is 97.0 Å². The van der Waals surface area contributed by atoms with Gasteiger partial charge in [0.1, 0.15) is 17.1 Å². The highest BCUT2D eigenvalue weighted by Gasteiger charge is 2.52. The van der Waals surface area contributed by atoms with Crippen molar-refractivity contribution in [1.82, 2.24) is 0 Å². The number of benzene rings is 20. The highest BCUT2D eigenvalue weighted by molar-refractivity contribution is 14.1. The van der Waals surface area contributed by atoms with E-state index in [4.69, 9.17) is 37.1 Å². The van der Waals surface area contributed by atoms with E-state index in [2.05, 4.69) is 455 Å². The molecule has 670 valence electrons. The Bertz CT molecular complexity index is 7640. The molecule has 25 rings (SSSR count). The number of alkyl halides is 1. The zero-order valence-electron chi connectivity index (χ0n) is 74.2. The Morgan fingerprint density at radius 1 is 0.312 bits per heavy atom. The van der Waals surface area contributed by atoms with E-state index in [9.17, 15) is 4.79 Å². The lowest BCUT2D eigenvalue weighted by molar-refractivity contribution is 0.431. The predicted octanol–water partition coefficient (Wildman–Crippen LogP) is 37.4. The summed E-state index contributed by atoms with van der Waals surface area (Å²) in [6, 6.07) is 173. The molecule has 1 aromatic heterocycles. The SMILES string of the molecule is Brc1ccccc1Sc1ccccc1.C.CI.Clc1cccc2c1Oc1ccccc1C21c2ccccc2Sc2ccccc21.O=c1c2ccccc2oc2c(Cl)cccc12.c1ccc(-c2ccc(N(c3ccc(-c4ccccc4)cc3)c3cccc4c3Oc3ccccc3C43c4ccccc4Sc4ccccc43)cc2)cc1.c1ccc(-c2ccc(Nc3ccc(-c4ccccc4)cc3)cc2)cc1. The van der Waals surface area contributed by atoms with E-state index in [-0.39, 0.29) is 12.9 Å². The van der Waals surface area contributed by atoms with Gasteiger partial charge < -0.3 is 24.1 Å². The molecule has 0 radical (unpaired) electrons. The van der Waals surface area contributed by atoms with Crippen LogP contribution < -0.4 is 25.1 Å². The van der Waals surface area contributed by atoms with Gasteiger partial charge in [0.15, 0.2) is 17.1 Å². The van der Waals surface area contributed by atoms with Crippen LogP contribution in [0.25, 0.3) is 66.4 Å². The first-order valence-electron chi connectivity index (χ1n) is 45.0. The third kappa shape index (κ3) is 18.8. The maximum atomic E-state index is 12.1. The topological polar surface area (TPSA) is 63.9 Å². The van der Waals surface area contributed by atoms with E-state index in [1.54, 1.807) is 42.1 Å². The molecule has 4 aliphatic heterocycles. The van der Waals surface area contributed by atoms with Crippen LogP contribution in [0.4, 0.5) is 28.4 Å². The zero-order chi connectivity index (χ0) is 93.0. The number of nitrogens with zero attached hydrogens (tertiary/aromatic N) is 1.